The van der Waals surface area contributed by atoms with E-state index in [1.165, 1.54) is 0 Å². The Bertz CT molecular complexity index is 531. The first-order chi connectivity index (χ1) is 8.22. The lowest BCUT2D eigenvalue weighted by atomic mass is 10.2. The fraction of sp³-hybridized carbons (Fsp3) is 0.364. The van der Waals surface area contributed by atoms with Gasteiger partial charge >= 0.3 is 0 Å². The van der Waals surface area contributed by atoms with Crippen molar-refractivity contribution in [3.8, 4) is 6.07 Å². The van der Waals surface area contributed by atoms with E-state index in [0.29, 0.717) is 5.56 Å². The molecule has 0 aliphatic heterocycles. The first-order valence-corrected chi connectivity index (χ1v) is 5.35. The zero-order valence-electron chi connectivity index (χ0n) is 9.88. The summed E-state index contributed by atoms with van der Waals surface area (Å²) in [5, 5.41) is 16.5. The molecule has 1 N–H and O–H groups in total. The Balaban J connectivity index is 2.02. The highest BCUT2D eigenvalue weighted by Crippen LogP contribution is 2.16. The van der Waals surface area contributed by atoms with Crippen LogP contribution in [0.2, 0.25) is 0 Å². The maximum atomic E-state index is 9.04. The number of nitriles is 1. The van der Waals surface area contributed by atoms with Crippen LogP contribution in [0.15, 0.2) is 18.7 Å². The number of anilines is 1. The van der Waals surface area contributed by atoms with Crippen LogP contribution in [0.1, 0.15) is 11.3 Å². The Morgan fingerprint density at radius 3 is 3.00 bits per heavy atom. The number of imidazole rings is 1. The van der Waals surface area contributed by atoms with E-state index in [2.05, 4.69) is 21.5 Å². The van der Waals surface area contributed by atoms with Gasteiger partial charge in [0.1, 0.15) is 17.5 Å². The molecule has 6 heteroatoms. The highest BCUT2D eigenvalue weighted by atomic mass is 15.3. The minimum Gasteiger partial charge on any atom is -0.367 e. The fourth-order valence-electron chi connectivity index (χ4n) is 1.72. The van der Waals surface area contributed by atoms with E-state index >= 15 is 0 Å². The van der Waals surface area contributed by atoms with Gasteiger partial charge in [-0.25, -0.2) is 4.98 Å². The number of rotatable bonds is 4. The van der Waals surface area contributed by atoms with E-state index in [0.717, 1.165) is 24.6 Å². The topological polar surface area (TPSA) is 71.5 Å². The van der Waals surface area contributed by atoms with Gasteiger partial charge in [-0.05, 0) is 6.92 Å². The second-order valence-corrected chi connectivity index (χ2v) is 3.77. The van der Waals surface area contributed by atoms with Crippen LogP contribution in [0, 0.1) is 18.3 Å². The lowest BCUT2D eigenvalue weighted by Crippen LogP contribution is -2.12. The Hall–Kier alpha value is -2.29. The summed E-state index contributed by atoms with van der Waals surface area (Å²) in [6, 6.07) is 2.16. The monoisotopic (exact) mass is 230 g/mol. The predicted molar refractivity (Wildman–Crippen MR) is 63.4 cm³/mol. The molecule has 0 saturated heterocycles. The summed E-state index contributed by atoms with van der Waals surface area (Å²) in [4.78, 5) is 3.97. The summed E-state index contributed by atoms with van der Waals surface area (Å²) in [6.07, 6.45) is 5.41. The summed E-state index contributed by atoms with van der Waals surface area (Å²) in [5.74, 6) is 0.769. The van der Waals surface area contributed by atoms with E-state index in [-0.39, 0.29) is 0 Å². The van der Waals surface area contributed by atoms with Crippen LogP contribution in [-0.4, -0.2) is 25.9 Å². The maximum Gasteiger partial charge on any atom is 0.142 e. The smallest absolute Gasteiger partial charge is 0.142 e. The van der Waals surface area contributed by atoms with Gasteiger partial charge in [-0.3, -0.25) is 4.68 Å². The van der Waals surface area contributed by atoms with E-state index in [1.54, 1.807) is 17.2 Å². The van der Waals surface area contributed by atoms with Gasteiger partial charge in [-0.2, -0.15) is 10.4 Å². The predicted octanol–water partition coefficient (Wildman–Crippen LogP) is 0.909. The molecule has 6 nitrogen and oxygen atoms in total. The first-order valence-electron chi connectivity index (χ1n) is 5.35. The molecule has 2 heterocycles. The standard InChI is InChI=1S/C11H14N6/c1-9-10(7-12)11(16(2)15-9)14-4-6-17-5-3-13-8-17/h3,5,8,14H,4,6H2,1-2H3. The average molecular weight is 230 g/mol. The molecule has 0 aromatic carbocycles. The van der Waals surface area contributed by atoms with Gasteiger partial charge in [0.2, 0.25) is 0 Å². The van der Waals surface area contributed by atoms with Gasteiger partial charge in [-0.1, -0.05) is 0 Å². The second kappa shape index (κ2) is 4.70. The minimum absolute atomic E-state index is 0.609. The normalized spacial score (nSPS) is 10.2. The van der Waals surface area contributed by atoms with Crippen molar-refractivity contribution >= 4 is 5.82 Å². The van der Waals surface area contributed by atoms with Crippen LogP contribution in [0.3, 0.4) is 0 Å². The molecule has 0 amide bonds. The van der Waals surface area contributed by atoms with Crippen LogP contribution in [0.4, 0.5) is 5.82 Å². The molecule has 0 saturated carbocycles. The zero-order valence-corrected chi connectivity index (χ0v) is 9.88. The maximum absolute atomic E-state index is 9.04. The first kappa shape index (κ1) is 11.2. The molecule has 0 aliphatic rings. The molecule has 0 radical (unpaired) electrons. The van der Waals surface area contributed by atoms with Crippen molar-refractivity contribution in [1.29, 1.82) is 5.26 Å². The van der Waals surface area contributed by atoms with E-state index in [4.69, 9.17) is 5.26 Å². The quantitative estimate of drug-likeness (QED) is 0.847. The third-order valence-corrected chi connectivity index (χ3v) is 2.56. The van der Waals surface area contributed by atoms with Crippen LogP contribution < -0.4 is 5.32 Å². The van der Waals surface area contributed by atoms with Gasteiger partial charge in [0, 0.05) is 32.5 Å². The summed E-state index contributed by atoms with van der Waals surface area (Å²) in [7, 11) is 1.83. The molecule has 2 aromatic rings. The van der Waals surface area contributed by atoms with E-state index in [9.17, 15) is 0 Å². The molecule has 0 unspecified atom stereocenters. The molecule has 0 fully saturated rings. The Kier molecular flexibility index (Phi) is 3.10. The molecular weight excluding hydrogens is 216 g/mol. The number of nitrogens with zero attached hydrogens (tertiary/aromatic N) is 5. The summed E-state index contributed by atoms with van der Waals surface area (Å²) in [5.41, 5.74) is 1.36. The van der Waals surface area contributed by atoms with Crippen molar-refractivity contribution in [2.75, 3.05) is 11.9 Å². The van der Waals surface area contributed by atoms with Crippen LogP contribution >= 0.6 is 0 Å². The van der Waals surface area contributed by atoms with Gasteiger partial charge in [0.15, 0.2) is 0 Å². The average Bonchev–Trinajstić information content (AvgIpc) is 2.88. The number of nitrogens with one attached hydrogen (secondary N) is 1. The summed E-state index contributed by atoms with van der Waals surface area (Å²) < 4.78 is 3.67. The fourth-order valence-corrected chi connectivity index (χ4v) is 1.72. The minimum atomic E-state index is 0.609. The molecule has 0 spiro atoms. The Morgan fingerprint density at radius 1 is 1.53 bits per heavy atom. The Labute approximate surface area is 99.5 Å². The largest absolute Gasteiger partial charge is 0.367 e. The second-order valence-electron chi connectivity index (χ2n) is 3.77. The number of aryl methyl sites for hydroxylation is 2. The molecule has 0 bridgehead atoms. The molecule has 88 valence electrons. The van der Waals surface area contributed by atoms with Crippen molar-refractivity contribution in [2.24, 2.45) is 7.05 Å². The SMILES string of the molecule is Cc1nn(C)c(NCCn2ccnc2)c1C#N. The summed E-state index contributed by atoms with van der Waals surface area (Å²) in [6.45, 7) is 3.36. The van der Waals surface area contributed by atoms with Crippen molar-refractivity contribution in [2.45, 2.75) is 13.5 Å². The molecule has 17 heavy (non-hydrogen) atoms. The molecular formula is C11H14N6. The molecule has 0 aliphatic carbocycles. The van der Waals surface area contributed by atoms with Gasteiger partial charge in [0.25, 0.3) is 0 Å². The highest BCUT2D eigenvalue weighted by molar-refractivity contribution is 5.54. The molecule has 2 aromatic heterocycles. The van der Waals surface area contributed by atoms with E-state index in [1.807, 2.05) is 24.7 Å². The van der Waals surface area contributed by atoms with Crippen molar-refractivity contribution in [3.05, 3.63) is 30.0 Å². The zero-order chi connectivity index (χ0) is 12.3. The van der Waals surface area contributed by atoms with Gasteiger partial charge in [-0.15, -0.1) is 0 Å². The van der Waals surface area contributed by atoms with Crippen molar-refractivity contribution in [3.63, 3.8) is 0 Å². The van der Waals surface area contributed by atoms with Crippen LogP contribution in [0.25, 0.3) is 0 Å². The molecule has 0 atom stereocenters. The number of aromatic nitrogens is 4. The highest BCUT2D eigenvalue weighted by Gasteiger charge is 2.11. The summed E-state index contributed by atoms with van der Waals surface area (Å²) >= 11 is 0. The third kappa shape index (κ3) is 2.28. The molecule has 2 rings (SSSR count). The van der Waals surface area contributed by atoms with E-state index < -0.39 is 0 Å². The van der Waals surface area contributed by atoms with Crippen molar-refractivity contribution in [1.82, 2.24) is 19.3 Å². The van der Waals surface area contributed by atoms with Gasteiger partial charge < -0.3 is 9.88 Å². The lowest BCUT2D eigenvalue weighted by molar-refractivity contribution is 0.709. The van der Waals surface area contributed by atoms with Crippen LogP contribution in [0.5, 0.6) is 0 Å². The Morgan fingerprint density at radius 2 is 2.35 bits per heavy atom. The van der Waals surface area contributed by atoms with Gasteiger partial charge in [0.05, 0.1) is 12.0 Å². The lowest BCUT2D eigenvalue weighted by Gasteiger charge is -2.07. The number of hydrogen-bond donors (Lipinski definition) is 1. The third-order valence-electron chi connectivity index (χ3n) is 2.56. The number of hydrogen-bond acceptors (Lipinski definition) is 4. The van der Waals surface area contributed by atoms with Crippen molar-refractivity contribution < 1.29 is 0 Å². The van der Waals surface area contributed by atoms with Crippen LogP contribution in [-0.2, 0) is 13.6 Å².